The fourth-order valence-corrected chi connectivity index (χ4v) is 5.93. The number of methoxy groups -OCH3 is 2. The lowest BCUT2D eigenvalue weighted by Gasteiger charge is -2.26. The van der Waals surface area contributed by atoms with Crippen molar-refractivity contribution in [3.05, 3.63) is 102 Å². The first-order valence-corrected chi connectivity index (χ1v) is 13.8. The van der Waals surface area contributed by atoms with E-state index in [2.05, 4.69) is 4.99 Å². The van der Waals surface area contributed by atoms with Crippen LogP contribution in [0.3, 0.4) is 0 Å². The number of thiazole rings is 1. The Morgan fingerprint density at radius 2 is 1.88 bits per heavy atom. The van der Waals surface area contributed by atoms with Gasteiger partial charge in [-0.2, -0.15) is 0 Å². The van der Waals surface area contributed by atoms with E-state index in [4.69, 9.17) is 18.6 Å². The van der Waals surface area contributed by atoms with Gasteiger partial charge in [0.1, 0.15) is 29.1 Å². The first kappa shape index (κ1) is 28.6. The van der Waals surface area contributed by atoms with Gasteiger partial charge in [-0.15, -0.1) is 0 Å². The largest absolute Gasteiger partial charge is 0.545 e. The lowest BCUT2D eigenvalue weighted by atomic mass is 9.95. The van der Waals surface area contributed by atoms with Gasteiger partial charge in [0.05, 0.1) is 42.6 Å². The molecule has 1 aliphatic rings. The zero-order valence-electron chi connectivity index (χ0n) is 23.5. The van der Waals surface area contributed by atoms with Crippen molar-refractivity contribution in [2.45, 2.75) is 26.8 Å². The second-order valence-electron chi connectivity index (χ2n) is 9.43. The second kappa shape index (κ2) is 11.5. The summed E-state index contributed by atoms with van der Waals surface area (Å²) in [5.74, 6) is 0.0793. The summed E-state index contributed by atoms with van der Waals surface area (Å²) in [5, 5.41) is 11.2. The number of fused-ring (bicyclic) bond motifs is 1. The zero-order chi connectivity index (χ0) is 30.1. The molecule has 11 heteroatoms. The predicted molar refractivity (Wildman–Crippen MR) is 153 cm³/mol. The topological polar surface area (TPSA) is 132 Å². The number of nitrogens with zero attached hydrogens (tertiary/aromatic N) is 2. The summed E-state index contributed by atoms with van der Waals surface area (Å²) in [6.07, 6.45) is 1.61. The van der Waals surface area contributed by atoms with Crippen molar-refractivity contribution in [3.63, 3.8) is 0 Å². The quantitative estimate of drug-likeness (QED) is 0.288. The maximum absolute atomic E-state index is 13.9. The van der Waals surface area contributed by atoms with Crippen molar-refractivity contribution < 1.29 is 33.3 Å². The Morgan fingerprint density at radius 3 is 2.55 bits per heavy atom. The van der Waals surface area contributed by atoms with E-state index in [1.165, 1.54) is 30.9 Å². The number of carboxylic acid groups (broad SMARTS) is 1. The lowest BCUT2D eigenvalue weighted by molar-refractivity contribution is -0.255. The monoisotopic (exact) mass is 587 g/mol. The molecule has 10 nitrogen and oxygen atoms in total. The zero-order valence-corrected chi connectivity index (χ0v) is 24.4. The molecule has 4 aromatic rings. The van der Waals surface area contributed by atoms with E-state index in [-0.39, 0.29) is 23.3 Å². The molecule has 0 spiro atoms. The van der Waals surface area contributed by atoms with Crippen LogP contribution in [0.15, 0.2) is 74.0 Å². The summed E-state index contributed by atoms with van der Waals surface area (Å²) < 4.78 is 24.2. The van der Waals surface area contributed by atoms with Crippen molar-refractivity contribution in [1.29, 1.82) is 0 Å². The Labute approximate surface area is 244 Å². The number of carbonyl (C=O) groups excluding carboxylic acids is 2. The molecule has 0 unspecified atom stereocenters. The van der Waals surface area contributed by atoms with Gasteiger partial charge in [0.15, 0.2) is 4.80 Å². The van der Waals surface area contributed by atoms with Gasteiger partial charge in [-0.05, 0) is 62.2 Å². The molecule has 1 aliphatic heterocycles. The molecule has 0 aliphatic carbocycles. The third-order valence-corrected chi connectivity index (χ3v) is 7.86. The first-order chi connectivity index (χ1) is 20.2. The Bertz CT molecular complexity index is 1930. The minimum atomic E-state index is -1.26. The van der Waals surface area contributed by atoms with Gasteiger partial charge < -0.3 is 28.5 Å². The SMILES string of the molecule is CCOC(=O)C1=C(C)N=c2s/c(=C\c3ccc(-c4ccc(C(=O)[O-])cc4C)o3)c(=O)n2[C@@H]1c1ccc(OC)cc1OC. The van der Waals surface area contributed by atoms with Crippen molar-refractivity contribution in [2.75, 3.05) is 20.8 Å². The standard InChI is InChI=1S/C31H28N2O8S/c1-6-40-30(37)26-17(3)32-31-33(27(26)22-11-8-19(38-4)14-24(22)39-5)28(34)25(42-31)15-20-9-12-23(41-20)21-10-7-18(29(35)36)13-16(21)2/h7-15,27H,6H2,1-5H3,(H,35,36)/p-1/b25-15-/t27-/m1/s1. The Hall–Kier alpha value is -4.90. The highest BCUT2D eigenvalue weighted by atomic mass is 32.1. The molecular formula is C31H27N2O8S-. The van der Waals surface area contributed by atoms with E-state index < -0.39 is 18.0 Å². The smallest absolute Gasteiger partial charge is 0.338 e. The van der Waals surface area contributed by atoms with Crippen LogP contribution < -0.4 is 29.5 Å². The molecule has 3 heterocycles. The van der Waals surface area contributed by atoms with E-state index in [0.717, 1.165) is 11.3 Å². The van der Waals surface area contributed by atoms with Gasteiger partial charge in [0.2, 0.25) is 0 Å². The summed E-state index contributed by atoms with van der Waals surface area (Å²) >= 11 is 1.16. The van der Waals surface area contributed by atoms with Crippen LogP contribution in [0, 0.1) is 6.92 Å². The summed E-state index contributed by atoms with van der Waals surface area (Å²) in [4.78, 5) is 43.3. The van der Waals surface area contributed by atoms with Gasteiger partial charge >= 0.3 is 5.97 Å². The number of esters is 1. The van der Waals surface area contributed by atoms with E-state index >= 15 is 0 Å². The van der Waals surface area contributed by atoms with Gasteiger partial charge in [-0.3, -0.25) is 9.36 Å². The minimum Gasteiger partial charge on any atom is -0.545 e. The van der Waals surface area contributed by atoms with Crippen LogP contribution in [-0.2, 0) is 9.53 Å². The Morgan fingerprint density at radius 1 is 1.10 bits per heavy atom. The molecule has 2 aromatic heterocycles. The second-order valence-corrected chi connectivity index (χ2v) is 10.4. The summed E-state index contributed by atoms with van der Waals surface area (Å²) in [7, 11) is 3.04. The maximum atomic E-state index is 13.9. The summed E-state index contributed by atoms with van der Waals surface area (Å²) in [6, 6.07) is 12.4. The van der Waals surface area contributed by atoms with Crippen molar-refractivity contribution in [2.24, 2.45) is 4.99 Å². The van der Waals surface area contributed by atoms with Crippen molar-refractivity contribution >= 4 is 29.4 Å². The van der Waals surface area contributed by atoms with Gasteiger partial charge in [0, 0.05) is 23.3 Å². The molecule has 0 radical (unpaired) electrons. The van der Waals surface area contributed by atoms with Crippen molar-refractivity contribution in [3.8, 4) is 22.8 Å². The number of hydrogen-bond acceptors (Lipinski definition) is 10. The maximum Gasteiger partial charge on any atom is 0.338 e. The normalized spacial score (nSPS) is 14.8. The van der Waals surface area contributed by atoms with Gasteiger partial charge in [-0.25, -0.2) is 9.79 Å². The number of benzene rings is 2. The highest BCUT2D eigenvalue weighted by molar-refractivity contribution is 7.07. The van der Waals surface area contributed by atoms with Gasteiger partial charge in [0.25, 0.3) is 5.56 Å². The van der Waals surface area contributed by atoms with E-state index in [0.29, 0.717) is 54.7 Å². The first-order valence-electron chi connectivity index (χ1n) is 13.0. The number of aromatic carboxylic acids is 1. The minimum absolute atomic E-state index is 0.0738. The predicted octanol–water partition coefficient (Wildman–Crippen LogP) is 2.75. The summed E-state index contributed by atoms with van der Waals surface area (Å²) in [5.41, 5.74) is 2.34. The fraction of sp³-hybridized carbons (Fsp3) is 0.226. The number of aryl methyl sites for hydroxylation is 1. The average molecular weight is 588 g/mol. The van der Waals surface area contributed by atoms with Crippen LogP contribution in [0.25, 0.3) is 17.4 Å². The van der Waals surface area contributed by atoms with Crippen LogP contribution in [0.5, 0.6) is 11.5 Å². The molecule has 42 heavy (non-hydrogen) atoms. The molecule has 216 valence electrons. The molecule has 0 amide bonds. The molecule has 1 atom stereocenters. The third kappa shape index (κ3) is 5.14. The van der Waals surface area contributed by atoms with Crippen LogP contribution in [0.2, 0.25) is 0 Å². The van der Waals surface area contributed by atoms with E-state index in [1.54, 1.807) is 63.2 Å². The lowest BCUT2D eigenvalue weighted by Crippen LogP contribution is -2.40. The molecule has 0 saturated heterocycles. The number of carbonyl (C=O) groups is 2. The van der Waals surface area contributed by atoms with Crippen molar-refractivity contribution in [1.82, 2.24) is 4.57 Å². The fourth-order valence-electron chi connectivity index (χ4n) is 4.90. The van der Waals surface area contributed by atoms with E-state index in [1.807, 2.05) is 0 Å². The summed E-state index contributed by atoms with van der Waals surface area (Å²) in [6.45, 7) is 5.35. The number of ether oxygens (including phenoxy) is 3. The molecule has 0 fully saturated rings. The van der Waals surface area contributed by atoms with Crippen LogP contribution in [-0.4, -0.2) is 37.3 Å². The number of rotatable bonds is 8. The molecule has 0 bridgehead atoms. The highest BCUT2D eigenvalue weighted by Gasteiger charge is 2.35. The molecule has 0 N–H and O–H groups in total. The van der Waals surface area contributed by atoms with Crippen LogP contribution in [0.1, 0.15) is 47.1 Å². The number of hydrogen-bond donors (Lipinski definition) is 0. The number of carboxylic acids is 1. The average Bonchev–Trinajstić information content (AvgIpc) is 3.55. The van der Waals surface area contributed by atoms with Gasteiger partial charge in [-0.1, -0.05) is 23.5 Å². The number of allylic oxidation sites excluding steroid dienone is 1. The van der Waals surface area contributed by atoms with Crippen LogP contribution >= 0.6 is 11.3 Å². The number of aromatic nitrogens is 1. The Balaban J connectivity index is 1.64. The highest BCUT2D eigenvalue weighted by Crippen LogP contribution is 2.37. The van der Waals surface area contributed by atoms with Crippen LogP contribution in [0.4, 0.5) is 0 Å². The number of furan rings is 1. The molecular weight excluding hydrogens is 560 g/mol. The molecule has 2 aromatic carbocycles. The van der Waals surface area contributed by atoms with E-state index in [9.17, 15) is 19.5 Å². The Kier molecular flexibility index (Phi) is 7.86. The molecule has 5 rings (SSSR count). The third-order valence-electron chi connectivity index (χ3n) is 6.88. The molecule has 0 saturated carbocycles.